The maximum Gasteiger partial charge on any atom is 0.0908 e. The molecule has 100 valence electrons. The van der Waals surface area contributed by atoms with Crippen molar-refractivity contribution in [2.24, 2.45) is 0 Å². The van der Waals surface area contributed by atoms with Crippen molar-refractivity contribution in [1.82, 2.24) is 0 Å². The SMILES string of the molecule is OC(CCCl)(CCC1CCCO1)c1ccccc1. The third-order valence-corrected chi connectivity index (χ3v) is 3.91. The van der Waals surface area contributed by atoms with Gasteiger partial charge in [-0.2, -0.15) is 0 Å². The summed E-state index contributed by atoms with van der Waals surface area (Å²) in [6.45, 7) is 0.865. The fraction of sp³-hybridized carbons (Fsp3) is 0.600. The average Bonchev–Trinajstić information content (AvgIpc) is 2.91. The van der Waals surface area contributed by atoms with E-state index in [1.54, 1.807) is 0 Å². The summed E-state index contributed by atoms with van der Waals surface area (Å²) in [5.41, 5.74) is 0.151. The van der Waals surface area contributed by atoms with Gasteiger partial charge >= 0.3 is 0 Å². The highest BCUT2D eigenvalue weighted by Gasteiger charge is 2.30. The van der Waals surface area contributed by atoms with Crippen molar-refractivity contribution in [2.45, 2.75) is 43.8 Å². The van der Waals surface area contributed by atoms with Crippen LogP contribution in [0.3, 0.4) is 0 Å². The van der Waals surface area contributed by atoms with E-state index in [9.17, 15) is 5.11 Å². The molecule has 2 rings (SSSR count). The Bertz CT molecular complexity index is 349. The lowest BCUT2D eigenvalue weighted by atomic mass is 9.85. The molecule has 2 unspecified atom stereocenters. The van der Waals surface area contributed by atoms with Crippen LogP contribution < -0.4 is 0 Å². The first-order valence-electron chi connectivity index (χ1n) is 6.70. The first kappa shape index (κ1) is 13.9. The van der Waals surface area contributed by atoms with E-state index in [4.69, 9.17) is 16.3 Å². The van der Waals surface area contributed by atoms with Crippen molar-refractivity contribution in [3.8, 4) is 0 Å². The minimum atomic E-state index is -0.811. The monoisotopic (exact) mass is 268 g/mol. The van der Waals surface area contributed by atoms with Crippen LogP contribution in [0.1, 0.15) is 37.7 Å². The van der Waals surface area contributed by atoms with E-state index >= 15 is 0 Å². The Labute approximate surface area is 114 Å². The molecule has 0 radical (unpaired) electrons. The minimum absolute atomic E-state index is 0.315. The third-order valence-electron chi connectivity index (χ3n) is 3.72. The molecular weight excluding hydrogens is 248 g/mol. The van der Waals surface area contributed by atoms with Crippen LogP contribution in [-0.4, -0.2) is 23.7 Å². The highest BCUT2D eigenvalue weighted by atomic mass is 35.5. The van der Waals surface area contributed by atoms with E-state index in [-0.39, 0.29) is 0 Å². The van der Waals surface area contributed by atoms with Crippen LogP contribution in [-0.2, 0) is 10.3 Å². The van der Waals surface area contributed by atoms with Crippen molar-refractivity contribution in [3.05, 3.63) is 35.9 Å². The lowest BCUT2D eigenvalue weighted by Crippen LogP contribution is -2.28. The number of aliphatic hydroxyl groups is 1. The second-order valence-corrected chi connectivity index (χ2v) is 5.39. The van der Waals surface area contributed by atoms with E-state index in [1.165, 1.54) is 0 Å². The third kappa shape index (κ3) is 3.47. The Balaban J connectivity index is 2.01. The molecule has 0 saturated carbocycles. The Hall–Kier alpha value is -0.570. The summed E-state index contributed by atoms with van der Waals surface area (Å²) in [5.74, 6) is 0.469. The van der Waals surface area contributed by atoms with Gasteiger partial charge in [0, 0.05) is 12.5 Å². The van der Waals surface area contributed by atoms with Crippen LogP contribution in [0.25, 0.3) is 0 Å². The zero-order valence-corrected chi connectivity index (χ0v) is 11.4. The fourth-order valence-corrected chi connectivity index (χ4v) is 2.90. The molecule has 0 spiro atoms. The molecule has 3 heteroatoms. The molecule has 1 aliphatic rings. The van der Waals surface area contributed by atoms with Gasteiger partial charge in [0.15, 0.2) is 0 Å². The standard InChI is InChI=1S/C15H21ClO2/c16-11-10-15(17,13-5-2-1-3-6-13)9-8-14-7-4-12-18-14/h1-3,5-6,14,17H,4,7-12H2. The van der Waals surface area contributed by atoms with Crippen molar-refractivity contribution >= 4 is 11.6 Å². The van der Waals surface area contributed by atoms with E-state index in [1.807, 2.05) is 30.3 Å². The second-order valence-electron chi connectivity index (χ2n) is 5.01. The van der Waals surface area contributed by atoms with E-state index < -0.39 is 5.60 Å². The molecule has 2 nitrogen and oxygen atoms in total. The number of benzene rings is 1. The van der Waals surface area contributed by atoms with Gasteiger partial charge in [-0.25, -0.2) is 0 Å². The second kappa shape index (κ2) is 6.55. The molecule has 0 aromatic heterocycles. The van der Waals surface area contributed by atoms with E-state index in [2.05, 4.69) is 0 Å². The molecule has 1 N–H and O–H groups in total. The summed E-state index contributed by atoms with van der Waals surface area (Å²) in [7, 11) is 0. The smallest absolute Gasteiger partial charge is 0.0908 e. The number of halogens is 1. The van der Waals surface area contributed by atoms with Gasteiger partial charge in [-0.05, 0) is 37.7 Å². The van der Waals surface area contributed by atoms with Crippen LogP contribution in [0, 0.1) is 0 Å². The average molecular weight is 269 g/mol. The van der Waals surface area contributed by atoms with Gasteiger partial charge in [0.2, 0.25) is 0 Å². The lowest BCUT2D eigenvalue weighted by molar-refractivity contribution is 0.00397. The molecule has 0 amide bonds. The first-order chi connectivity index (χ1) is 8.74. The van der Waals surface area contributed by atoms with Gasteiger partial charge in [0.1, 0.15) is 0 Å². The largest absolute Gasteiger partial charge is 0.385 e. The number of hydrogen-bond acceptors (Lipinski definition) is 2. The van der Waals surface area contributed by atoms with Crippen LogP contribution in [0.5, 0.6) is 0 Å². The van der Waals surface area contributed by atoms with Gasteiger partial charge in [0.25, 0.3) is 0 Å². The van der Waals surface area contributed by atoms with Crippen molar-refractivity contribution in [3.63, 3.8) is 0 Å². The Morgan fingerprint density at radius 3 is 2.67 bits per heavy atom. The minimum Gasteiger partial charge on any atom is -0.385 e. The molecular formula is C15H21ClO2. The maximum atomic E-state index is 10.8. The predicted octanol–water partition coefficient (Wildman–Crippen LogP) is 3.46. The van der Waals surface area contributed by atoms with Crippen molar-refractivity contribution < 1.29 is 9.84 Å². The highest BCUT2D eigenvalue weighted by molar-refractivity contribution is 6.17. The summed E-state index contributed by atoms with van der Waals surface area (Å²) in [6, 6.07) is 9.83. The summed E-state index contributed by atoms with van der Waals surface area (Å²) in [4.78, 5) is 0. The van der Waals surface area contributed by atoms with Gasteiger partial charge in [-0.1, -0.05) is 30.3 Å². The number of rotatable bonds is 6. The summed E-state index contributed by atoms with van der Waals surface area (Å²) in [6.07, 6.45) is 4.79. The Morgan fingerprint density at radius 1 is 1.28 bits per heavy atom. The fourth-order valence-electron chi connectivity index (χ4n) is 2.59. The molecule has 1 heterocycles. The van der Waals surface area contributed by atoms with Crippen molar-refractivity contribution in [2.75, 3.05) is 12.5 Å². The normalized spacial score (nSPS) is 22.9. The lowest BCUT2D eigenvalue weighted by Gasteiger charge is -2.29. The summed E-state index contributed by atoms with van der Waals surface area (Å²) >= 11 is 5.84. The van der Waals surface area contributed by atoms with Crippen LogP contribution >= 0.6 is 11.6 Å². The molecule has 1 aromatic carbocycles. The summed E-state index contributed by atoms with van der Waals surface area (Å²) in [5, 5.41) is 10.8. The first-order valence-corrected chi connectivity index (χ1v) is 7.23. The van der Waals surface area contributed by atoms with Gasteiger partial charge in [0.05, 0.1) is 11.7 Å². The van der Waals surface area contributed by atoms with Gasteiger partial charge in [-0.3, -0.25) is 0 Å². The molecule has 1 aliphatic heterocycles. The topological polar surface area (TPSA) is 29.5 Å². The number of hydrogen-bond donors (Lipinski definition) is 1. The Morgan fingerprint density at radius 2 is 2.06 bits per heavy atom. The number of ether oxygens (including phenoxy) is 1. The van der Waals surface area contributed by atoms with Gasteiger partial charge < -0.3 is 9.84 Å². The van der Waals surface area contributed by atoms with Crippen LogP contribution in [0.15, 0.2) is 30.3 Å². The zero-order valence-electron chi connectivity index (χ0n) is 10.6. The molecule has 0 aliphatic carbocycles. The molecule has 1 aromatic rings. The molecule has 1 fully saturated rings. The molecule has 1 saturated heterocycles. The van der Waals surface area contributed by atoms with Crippen LogP contribution in [0.2, 0.25) is 0 Å². The molecule has 18 heavy (non-hydrogen) atoms. The molecule has 0 bridgehead atoms. The summed E-state index contributed by atoms with van der Waals surface area (Å²) < 4.78 is 5.62. The highest BCUT2D eigenvalue weighted by Crippen LogP contribution is 2.32. The van der Waals surface area contributed by atoms with E-state index in [0.717, 1.165) is 31.4 Å². The van der Waals surface area contributed by atoms with E-state index in [0.29, 0.717) is 24.8 Å². The predicted molar refractivity (Wildman–Crippen MR) is 73.9 cm³/mol. The molecule has 2 atom stereocenters. The van der Waals surface area contributed by atoms with Crippen molar-refractivity contribution in [1.29, 1.82) is 0 Å². The zero-order chi connectivity index (χ0) is 12.8. The van der Waals surface area contributed by atoms with Crippen LogP contribution in [0.4, 0.5) is 0 Å². The Kier molecular flexibility index (Phi) is 5.04. The van der Waals surface area contributed by atoms with Gasteiger partial charge in [-0.15, -0.1) is 11.6 Å². The quantitative estimate of drug-likeness (QED) is 0.801. The number of alkyl halides is 1. The maximum absolute atomic E-state index is 10.8.